The van der Waals surface area contributed by atoms with Gasteiger partial charge >= 0.3 is 0 Å². The normalized spacial score (nSPS) is 22.3. The molecular formula is C16H25N3O2S. The van der Waals surface area contributed by atoms with E-state index in [4.69, 9.17) is 9.72 Å². The van der Waals surface area contributed by atoms with Crippen LogP contribution in [0.4, 0.5) is 0 Å². The molecule has 1 aromatic rings. The Morgan fingerprint density at radius 1 is 1.45 bits per heavy atom. The van der Waals surface area contributed by atoms with Crippen LogP contribution >= 0.6 is 11.3 Å². The summed E-state index contributed by atoms with van der Waals surface area (Å²) in [6.07, 6.45) is 6.08. The molecule has 1 aromatic heterocycles. The van der Waals surface area contributed by atoms with Gasteiger partial charge in [-0.1, -0.05) is 0 Å². The molecule has 0 bridgehead atoms. The Hall–Kier alpha value is -0.980. The van der Waals surface area contributed by atoms with Crippen molar-refractivity contribution in [1.82, 2.24) is 15.2 Å². The number of amides is 1. The molecule has 0 spiro atoms. The lowest BCUT2D eigenvalue weighted by Gasteiger charge is -2.32. The summed E-state index contributed by atoms with van der Waals surface area (Å²) >= 11 is 1.90. The second-order valence-electron chi connectivity index (χ2n) is 6.18. The highest BCUT2D eigenvalue weighted by molar-refractivity contribution is 7.11. The van der Waals surface area contributed by atoms with Crippen LogP contribution in [0.25, 0.3) is 0 Å². The van der Waals surface area contributed by atoms with Gasteiger partial charge in [-0.3, -0.25) is 9.69 Å². The van der Waals surface area contributed by atoms with Crippen LogP contribution in [0.5, 0.6) is 0 Å². The van der Waals surface area contributed by atoms with Crippen molar-refractivity contribution in [3.63, 3.8) is 0 Å². The molecule has 3 rings (SSSR count). The smallest absolute Gasteiger partial charge is 0.216 e. The van der Waals surface area contributed by atoms with Gasteiger partial charge in [0, 0.05) is 31.4 Å². The molecule has 1 saturated heterocycles. The fourth-order valence-corrected chi connectivity index (χ4v) is 4.37. The minimum Gasteiger partial charge on any atom is -0.375 e. The van der Waals surface area contributed by atoms with Gasteiger partial charge in [-0.25, -0.2) is 4.98 Å². The van der Waals surface area contributed by atoms with Gasteiger partial charge in [-0.2, -0.15) is 0 Å². The number of carbonyl (C=O) groups is 1. The Labute approximate surface area is 136 Å². The van der Waals surface area contributed by atoms with E-state index in [2.05, 4.69) is 10.2 Å². The second kappa shape index (κ2) is 7.53. The molecule has 1 aliphatic carbocycles. The monoisotopic (exact) mass is 323 g/mol. The van der Waals surface area contributed by atoms with E-state index >= 15 is 0 Å². The average Bonchev–Trinajstić information content (AvgIpc) is 2.89. The molecule has 0 radical (unpaired) electrons. The standard InChI is InChI=1S/C16H25N3O2S/c1-12(20)17-7-6-13-10-19(8-9-21-13)11-16-18-14-4-2-3-5-15(14)22-16/h13H,2-11H2,1H3,(H,17,20). The molecule has 0 aromatic carbocycles. The van der Waals surface area contributed by atoms with Crippen LogP contribution in [-0.4, -0.2) is 48.1 Å². The maximum atomic E-state index is 10.9. The van der Waals surface area contributed by atoms with Gasteiger partial charge in [0.1, 0.15) is 5.01 Å². The number of hydrogen-bond donors (Lipinski definition) is 1. The van der Waals surface area contributed by atoms with Crippen LogP contribution in [0.15, 0.2) is 0 Å². The quantitative estimate of drug-likeness (QED) is 0.897. The summed E-state index contributed by atoms with van der Waals surface area (Å²) in [7, 11) is 0. The van der Waals surface area contributed by atoms with Crippen LogP contribution < -0.4 is 5.32 Å². The average molecular weight is 323 g/mol. The molecule has 1 N–H and O–H groups in total. The lowest BCUT2D eigenvalue weighted by Crippen LogP contribution is -2.43. The van der Waals surface area contributed by atoms with Crippen LogP contribution in [0, 0.1) is 0 Å². The third-order valence-corrected chi connectivity index (χ3v) is 5.45. The Morgan fingerprint density at radius 3 is 3.14 bits per heavy atom. The summed E-state index contributed by atoms with van der Waals surface area (Å²) in [5, 5.41) is 4.10. The zero-order chi connectivity index (χ0) is 15.4. The molecule has 22 heavy (non-hydrogen) atoms. The van der Waals surface area contributed by atoms with Crippen molar-refractivity contribution in [2.24, 2.45) is 0 Å². The number of fused-ring (bicyclic) bond motifs is 1. The molecule has 1 fully saturated rings. The third kappa shape index (κ3) is 4.27. The summed E-state index contributed by atoms with van der Waals surface area (Å²) in [6.45, 7) is 5.87. The number of nitrogens with zero attached hydrogens (tertiary/aromatic N) is 2. The highest BCUT2D eigenvalue weighted by Gasteiger charge is 2.22. The number of hydrogen-bond acceptors (Lipinski definition) is 5. The van der Waals surface area contributed by atoms with Crippen LogP contribution in [-0.2, 0) is 28.9 Å². The summed E-state index contributed by atoms with van der Waals surface area (Å²) in [5.74, 6) is 0.0287. The summed E-state index contributed by atoms with van der Waals surface area (Å²) in [5.41, 5.74) is 1.35. The van der Waals surface area contributed by atoms with Crippen molar-refractivity contribution >= 4 is 17.2 Å². The zero-order valence-corrected chi connectivity index (χ0v) is 14.1. The maximum absolute atomic E-state index is 10.9. The Morgan fingerprint density at radius 2 is 2.32 bits per heavy atom. The van der Waals surface area contributed by atoms with Crippen LogP contribution in [0.2, 0.25) is 0 Å². The van der Waals surface area contributed by atoms with Crippen molar-refractivity contribution < 1.29 is 9.53 Å². The van der Waals surface area contributed by atoms with E-state index in [1.165, 1.54) is 34.8 Å². The number of thiazole rings is 1. The van der Waals surface area contributed by atoms with Crippen molar-refractivity contribution in [2.75, 3.05) is 26.2 Å². The first kappa shape index (κ1) is 15.9. The molecule has 2 aliphatic rings. The molecule has 1 unspecified atom stereocenters. The van der Waals surface area contributed by atoms with Crippen molar-refractivity contribution in [2.45, 2.75) is 51.7 Å². The van der Waals surface area contributed by atoms with E-state index in [0.717, 1.165) is 39.1 Å². The number of carbonyl (C=O) groups excluding carboxylic acids is 1. The maximum Gasteiger partial charge on any atom is 0.216 e. The minimum absolute atomic E-state index is 0.0287. The number of aromatic nitrogens is 1. The Kier molecular flexibility index (Phi) is 5.44. The first-order chi connectivity index (χ1) is 10.7. The molecule has 122 valence electrons. The van der Waals surface area contributed by atoms with Gasteiger partial charge in [-0.05, 0) is 32.1 Å². The minimum atomic E-state index is 0.0287. The van der Waals surface area contributed by atoms with Gasteiger partial charge < -0.3 is 10.1 Å². The van der Waals surface area contributed by atoms with Gasteiger partial charge in [0.15, 0.2) is 0 Å². The lowest BCUT2D eigenvalue weighted by molar-refractivity contribution is -0.119. The lowest BCUT2D eigenvalue weighted by atomic mass is 10.0. The summed E-state index contributed by atoms with van der Waals surface area (Å²) < 4.78 is 5.80. The molecular weight excluding hydrogens is 298 g/mol. The number of aryl methyl sites for hydroxylation is 2. The highest BCUT2D eigenvalue weighted by Crippen LogP contribution is 2.27. The van der Waals surface area contributed by atoms with E-state index in [9.17, 15) is 4.79 Å². The third-order valence-electron chi connectivity index (χ3n) is 4.31. The van der Waals surface area contributed by atoms with Crippen molar-refractivity contribution in [3.05, 3.63) is 15.6 Å². The van der Waals surface area contributed by atoms with Gasteiger partial charge in [0.25, 0.3) is 0 Å². The predicted octanol–water partition coefficient (Wildman–Crippen LogP) is 1.75. The molecule has 1 aliphatic heterocycles. The summed E-state index contributed by atoms with van der Waals surface area (Å²) in [4.78, 5) is 19.7. The number of morpholine rings is 1. The van der Waals surface area contributed by atoms with E-state index in [0.29, 0.717) is 6.54 Å². The number of ether oxygens (including phenoxy) is 1. The largest absolute Gasteiger partial charge is 0.375 e. The second-order valence-corrected chi connectivity index (χ2v) is 7.35. The van der Waals surface area contributed by atoms with Gasteiger partial charge in [-0.15, -0.1) is 11.3 Å². The van der Waals surface area contributed by atoms with E-state index < -0.39 is 0 Å². The first-order valence-corrected chi connectivity index (χ1v) is 9.08. The number of nitrogens with one attached hydrogen (secondary N) is 1. The summed E-state index contributed by atoms with van der Waals surface area (Å²) in [6, 6.07) is 0. The van der Waals surface area contributed by atoms with Gasteiger partial charge in [0.2, 0.25) is 5.91 Å². The fourth-order valence-electron chi connectivity index (χ4n) is 3.17. The van der Waals surface area contributed by atoms with Crippen molar-refractivity contribution in [3.8, 4) is 0 Å². The van der Waals surface area contributed by atoms with Gasteiger partial charge in [0.05, 0.1) is 24.9 Å². The molecule has 0 saturated carbocycles. The zero-order valence-electron chi connectivity index (χ0n) is 13.3. The highest BCUT2D eigenvalue weighted by atomic mass is 32.1. The van der Waals surface area contributed by atoms with Crippen molar-refractivity contribution in [1.29, 1.82) is 0 Å². The molecule has 6 heteroatoms. The number of rotatable bonds is 5. The van der Waals surface area contributed by atoms with E-state index in [1.54, 1.807) is 6.92 Å². The Balaban J connectivity index is 1.49. The topological polar surface area (TPSA) is 54.5 Å². The molecule has 2 heterocycles. The molecule has 5 nitrogen and oxygen atoms in total. The van der Waals surface area contributed by atoms with Crippen LogP contribution in [0.3, 0.4) is 0 Å². The molecule has 1 amide bonds. The SMILES string of the molecule is CC(=O)NCCC1CN(Cc2nc3c(s2)CCCC3)CCO1. The van der Waals surface area contributed by atoms with E-state index in [-0.39, 0.29) is 12.0 Å². The van der Waals surface area contributed by atoms with E-state index in [1.807, 2.05) is 11.3 Å². The fraction of sp³-hybridized carbons (Fsp3) is 0.750. The van der Waals surface area contributed by atoms with Crippen LogP contribution in [0.1, 0.15) is 41.8 Å². The molecule has 1 atom stereocenters. The Bertz CT molecular complexity index is 494. The predicted molar refractivity (Wildman–Crippen MR) is 87.1 cm³/mol. The first-order valence-electron chi connectivity index (χ1n) is 8.26.